The van der Waals surface area contributed by atoms with Gasteiger partial charge in [-0.25, -0.2) is 0 Å². The van der Waals surface area contributed by atoms with E-state index < -0.39 is 0 Å². The van der Waals surface area contributed by atoms with Crippen LogP contribution in [0.5, 0.6) is 5.75 Å². The highest BCUT2D eigenvalue weighted by atomic mass is 79.9. The van der Waals surface area contributed by atoms with E-state index in [9.17, 15) is 0 Å². The van der Waals surface area contributed by atoms with E-state index >= 15 is 0 Å². The van der Waals surface area contributed by atoms with E-state index in [1.165, 1.54) is 0 Å². The molecule has 2 nitrogen and oxygen atoms in total. The van der Waals surface area contributed by atoms with Crippen LogP contribution in [0.1, 0.15) is 6.92 Å². The maximum Gasteiger partial charge on any atom is 0.204 e. The molecule has 0 bridgehead atoms. The predicted octanol–water partition coefficient (Wildman–Crippen LogP) is 2.84. The molecule has 0 atom stereocenters. The normalized spacial score (nSPS) is 11.4. The first-order chi connectivity index (χ1) is 6.05. The molecule has 1 aromatic rings. The van der Waals surface area contributed by atoms with Gasteiger partial charge in [0.05, 0.1) is 4.47 Å². The van der Waals surface area contributed by atoms with Gasteiger partial charge in [0.15, 0.2) is 0 Å². The summed E-state index contributed by atoms with van der Waals surface area (Å²) in [5, 5.41) is 0. The largest absolute Gasteiger partial charge is 0.315 e. The molecule has 0 aliphatic rings. The minimum absolute atomic E-state index is 0.530. The summed E-state index contributed by atoms with van der Waals surface area (Å²) in [6.07, 6.45) is 0. The van der Waals surface area contributed by atoms with Gasteiger partial charge in [0.25, 0.3) is 0 Å². The zero-order valence-electron chi connectivity index (χ0n) is 8.25. The van der Waals surface area contributed by atoms with Crippen molar-refractivity contribution in [1.82, 2.24) is 0 Å². The van der Waals surface area contributed by atoms with E-state index in [4.69, 9.17) is 4.84 Å². The van der Waals surface area contributed by atoms with Crippen LogP contribution in [-0.4, -0.2) is 25.3 Å². The average Bonchev–Trinajstić information content (AvgIpc) is 2.09. The monoisotopic (exact) mass is 244 g/mol. The number of benzene rings is 1. The third kappa shape index (κ3) is 3.01. The summed E-state index contributed by atoms with van der Waals surface area (Å²) in [5.74, 6) is 0.884. The second kappa shape index (κ2) is 4.11. The zero-order valence-corrected chi connectivity index (χ0v) is 9.84. The summed E-state index contributed by atoms with van der Waals surface area (Å²) in [6, 6.07) is 7.88. The highest BCUT2D eigenvalue weighted by molar-refractivity contribution is 9.10. The molecule has 0 radical (unpaired) electrons. The Kier molecular flexibility index (Phi) is 3.33. The first-order valence-corrected chi connectivity index (χ1v) is 5.11. The van der Waals surface area contributed by atoms with Crippen molar-refractivity contribution in [2.24, 2.45) is 0 Å². The Morgan fingerprint density at radius 1 is 1.31 bits per heavy atom. The molecule has 0 spiro atoms. The third-order valence-corrected chi connectivity index (χ3v) is 2.60. The lowest BCUT2D eigenvalue weighted by Crippen LogP contribution is -2.42. The van der Waals surface area contributed by atoms with Crippen LogP contribution in [0.15, 0.2) is 28.7 Å². The highest BCUT2D eigenvalue weighted by Crippen LogP contribution is 2.25. The Morgan fingerprint density at radius 2 is 1.92 bits per heavy atom. The predicted molar refractivity (Wildman–Crippen MR) is 57.4 cm³/mol. The van der Waals surface area contributed by atoms with Gasteiger partial charge in [-0.15, -0.1) is 4.65 Å². The zero-order chi connectivity index (χ0) is 9.90. The fraction of sp³-hybridized carbons (Fsp3) is 0.400. The van der Waals surface area contributed by atoms with E-state index in [1.54, 1.807) is 0 Å². The maximum absolute atomic E-state index is 5.77. The molecule has 1 aromatic carbocycles. The molecule has 0 fully saturated rings. The van der Waals surface area contributed by atoms with Crippen LogP contribution in [0, 0.1) is 0 Å². The fourth-order valence-electron chi connectivity index (χ4n) is 0.850. The van der Waals surface area contributed by atoms with Crippen molar-refractivity contribution >= 4 is 15.9 Å². The molecule has 0 saturated heterocycles. The average molecular weight is 245 g/mol. The van der Waals surface area contributed by atoms with Crippen LogP contribution in [0.3, 0.4) is 0 Å². The van der Waals surface area contributed by atoms with Gasteiger partial charge in [-0.2, -0.15) is 0 Å². The molecule has 0 saturated carbocycles. The molecule has 0 aliphatic carbocycles. The van der Waals surface area contributed by atoms with Crippen molar-refractivity contribution in [3.8, 4) is 5.75 Å². The number of quaternary nitrogens is 1. The van der Waals surface area contributed by atoms with Gasteiger partial charge in [-0.1, -0.05) is 12.1 Å². The van der Waals surface area contributed by atoms with E-state index in [0.717, 1.165) is 16.8 Å². The fourth-order valence-corrected chi connectivity index (χ4v) is 1.21. The van der Waals surface area contributed by atoms with E-state index in [2.05, 4.69) is 22.9 Å². The third-order valence-electron chi connectivity index (χ3n) is 1.94. The van der Waals surface area contributed by atoms with Crippen LogP contribution in [0.4, 0.5) is 0 Å². The smallest absolute Gasteiger partial charge is 0.204 e. The van der Waals surface area contributed by atoms with Crippen molar-refractivity contribution < 1.29 is 9.48 Å². The van der Waals surface area contributed by atoms with Gasteiger partial charge in [0.1, 0.15) is 20.6 Å². The molecule has 0 aliphatic heterocycles. The Balaban J connectivity index is 2.80. The lowest BCUT2D eigenvalue weighted by molar-refractivity contribution is -1.05. The molecule has 0 aromatic heterocycles. The molecule has 13 heavy (non-hydrogen) atoms. The van der Waals surface area contributed by atoms with Crippen molar-refractivity contribution in [3.63, 3.8) is 0 Å². The summed E-state index contributed by atoms with van der Waals surface area (Å²) in [7, 11) is 4.05. The van der Waals surface area contributed by atoms with Gasteiger partial charge in [0, 0.05) is 0 Å². The summed E-state index contributed by atoms with van der Waals surface area (Å²) < 4.78 is 1.53. The van der Waals surface area contributed by atoms with Crippen molar-refractivity contribution in [3.05, 3.63) is 28.7 Å². The number of rotatable bonds is 3. The van der Waals surface area contributed by atoms with Gasteiger partial charge < -0.3 is 4.84 Å². The minimum atomic E-state index is 0.530. The summed E-state index contributed by atoms with van der Waals surface area (Å²) >= 11 is 3.44. The summed E-state index contributed by atoms with van der Waals surface area (Å²) in [4.78, 5) is 5.77. The summed E-state index contributed by atoms with van der Waals surface area (Å²) in [5.41, 5.74) is 0. The van der Waals surface area contributed by atoms with E-state index in [1.807, 2.05) is 38.4 Å². The van der Waals surface area contributed by atoms with Gasteiger partial charge in [0.2, 0.25) is 5.75 Å². The summed E-state index contributed by atoms with van der Waals surface area (Å²) in [6.45, 7) is 3.03. The topological polar surface area (TPSA) is 9.23 Å². The SMILES string of the molecule is CC[N+](C)(C)Oc1ccccc1Br. The van der Waals surface area contributed by atoms with Gasteiger partial charge in [-0.3, -0.25) is 0 Å². The molecule has 72 valence electrons. The molecule has 1 rings (SSSR count). The van der Waals surface area contributed by atoms with Crippen LogP contribution in [0.2, 0.25) is 0 Å². The van der Waals surface area contributed by atoms with Gasteiger partial charge >= 0.3 is 0 Å². The maximum atomic E-state index is 5.77. The van der Waals surface area contributed by atoms with Crippen molar-refractivity contribution in [2.75, 3.05) is 20.6 Å². The molecule has 0 heterocycles. The first-order valence-electron chi connectivity index (χ1n) is 4.32. The molecule has 0 amide bonds. The van der Waals surface area contributed by atoms with E-state index in [0.29, 0.717) is 4.65 Å². The van der Waals surface area contributed by atoms with Crippen LogP contribution >= 0.6 is 15.9 Å². The highest BCUT2D eigenvalue weighted by Gasteiger charge is 2.16. The van der Waals surface area contributed by atoms with E-state index in [-0.39, 0.29) is 0 Å². The lowest BCUT2D eigenvalue weighted by atomic mass is 10.3. The van der Waals surface area contributed by atoms with Crippen molar-refractivity contribution in [1.29, 1.82) is 0 Å². The second-order valence-corrected chi connectivity index (χ2v) is 4.27. The molecule has 0 N–H and O–H groups in total. The Morgan fingerprint density at radius 3 is 2.46 bits per heavy atom. The molecular formula is C10H15BrNO+. The molecule has 3 heteroatoms. The number of para-hydroxylation sites is 1. The Hall–Kier alpha value is -0.540. The number of hydrogen-bond donors (Lipinski definition) is 0. The van der Waals surface area contributed by atoms with Crippen LogP contribution < -0.4 is 4.84 Å². The van der Waals surface area contributed by atoms with Crippen LogP contribution in [-0.2, 0) is 0 Å². The quantitative estimate of drug-likeness (QED) is 0.587. The minimum Gasteiger partial charge on any atom is -0.315 e. The number of nitrogens with zero attached hydrogens (tertiary/aromatic N) is 1. The Labute approximate surface area is 87.8 Å². The lowest BCUT2D eigenvalue weighted by Gasteiger charge is -2.26. The number of hydroxylamine groups is 3. The standard InChI is InChI=1S/C10H15BrNO/c1-4-12(2,3)13-10-8-6-5-7-9(10)11/h5-8H,4H2,1-3H3/q+1. The van der Waals surface area contributed by atoms with Gasteiger partial charge in [-0.05, 0) is 35.0 Å². The second-order valence-electron chi connectivity index (χ2n) is 3.41. The Bertz CT molecular complexity index is 286. The number of hydrogen-bond acceptors (Lipinski definition) is 1. The van der Waals surface area contributed by atoms with Crippen molar-refractivity contribution in [2.45, 2.75) is 6.92 Å². The van der Waals surface area contributed by atoms with Crippen LogP contribution in [0.25, 0.3) is 0 Å². The molecule has 0 unspecified atom stereocenters. The molecular weight excluding hydrogens is 230 g/mol. The first kappa shape index (κ1) is 10.5. The number of halogens is 1.